The first-order valence-electron chi connectivity index (χ1n) is 6.44. The highest BCUT2D eigenvalue weighted by Gasteiger charge is 2.28. The number of hydrogen-bond donors (Lipinski definition) is 2. The van der Waals surface area contributed by atoms with Crippen LogP contribution >= 0.6 is 11.3 Å². The number of amides is 2. The van der Waals surface area contributed by atoms with Gasteiger partial charge in [0.1, 0.15) is 6.54 Å². The Morgan fingerprint density at radius 2 is 2.16 bits per heavy atom. The van der Waals surface area contributed by atoms with Crippen molar-refractivity contribution in [2.45, 2.75) is 38.3 Å². The first kappa shape index (κ1) is 13.9. The van der Waals surface area contributed by atoms with E-state index >= 15 is 0 Å². The van der Waals surface area contributed by atoms with Crippen LogP contribution in [0, 0.1) is 0 Å². The number of thiophene rings is 1. The second kappa shape index (κ2) is 6.56. The van der Waals surface area contributed by atoms with Crippen LogP contribution in [0.2, 0.25) is 0 Å². The van der Waals surface area contributed by atoms with Crippen molar-refractivity contribution in [3.05, 3.63) is 22.4 Å². The van der Waals surface area contributed by atoms with Gasteiger partial charge in [-0.15, -0.1) is 0 Å². The molecule has 19 heavy (non-hydrogen) atoms. The molecule has 0 bridgehead atoms. The van der Waals surface area contributed by atoms with Crippen molar-refractivity contribution in [2.75, 3.05) is 6.54 Å². The molecule has 104 valence electrons. The molecule has 1 aliphatic rings. The Labute approximate surface area is 116 Å². The van der Waals surface area contributed by atoms with Gasteiger partial charge in [-0.25, -0.2) is 4.79 Å². The number of nitrogens with zero attached hydrogens (tertiary/aromatic N) is 1. The molecule has 1 aliphatic carbocycles. The van der Waals surface area contributed by atoms with E-state index < -0.39 is 5.97 Å². The van der Waals surface area contributed by atoms with Crippen LogP contribution in [0.5, 0.6) is 0 Å². The average molecular weight is 282 g/mol. The summed E-state index contributed by atoms with van der Waals surface area (Å²) in [6.45, 7) is 0.227. The van der Waals surface area contributed by atoms with Gasteiger partial charge in [0.05, 0.1) is 0 Å². The molecule has 2 N–H and O–H groups in total. The largest absolute Gasteiger partial charge is 0.480 e. The number of urea groups is 1. The Bertz CT molecular complexity index is 427. The van der Waals surface area contributed by atoms with Crippen molar-refractivity contribution in [1.29, 1.82) is 0 Å². The Kier molecular flexibility index (Phi) is 4.79. The van der Waals surface area contributed by atoms with Gasteiger partial charge in [-0.2, -0.15) is 11.3 Å². The standard InChI is InChI=1S/C13H18N2O3S/c16-12(17)8-15(11-3-1-2-4-11)13(18)14-7-10-5-6-19-9-10/h5-6,9,11H,1-4,7-8H2,(H,14,18)(H,16,17). The quantitative estimate of drug-likeness (QED) is 0.870. The van der Waals surface area contributed by atoms with Crippen molar-refractivity contribution >= 4 is 23.3 Å². The molecule has 0 radical (unpaired) electrons. The highest BCUT2D eigenvalue weighted by Crippen LogP contribution is 2.23. The third-order valence-corrected chi connectivity index (χ3v) is 4.09. The second-order valence-electron chi connectivity index (χ2n) is 4.75. The zero-order valence-electron chi connectivity index (χ0n) is 10.7. The summed E-state index contributed by atoms with van der Waals surface area (Å²) in [5.41, 5.74) is 1.04. The summed E-state index contributed by atoms with van der Waals surface area (Å²) in [4.78, 5) is 24.5. The fourth-order valence-corrected chi connectivity index (χ4v) is 3.07. The van der Waals surface area contributed by atoms with Gasteiger partial charge in [0.15, 0.2) is 0 Å². The van der Waals surface area contributed by atoms with Gasteiger partial charge in [-0.3, -0.25) is 4.79 Å². The fourth-order valence-electron chi connectivity index (χ4n) is 2.40. The zero-order valence-corrected chi connectivity index (χ0v) is 11.5. The van der Waals surface area contributed by atoms with Crippen LogP contribution in [-0.2, 0) is 11.3 Å². The van der Waals surface area contributed by atoms with Gasteiger partial charge in [0.2, 0.25) is 0 Å². The topological polar surface area (TPSA) is 69.6 Å². The average Bonchev–Trinajstić information content (AvgIpc) is 3.05. The SMILES string of the molecule is O=C(O)CN(C(=O)NCc1ccsc1)C1CCCC1. The molecule has 2 amide bonds. The lowest BCUT2D eigenvalue weighted by Gasteiger charge is -2.27. The molecule has 0 atom stereocenters. The first-order valence-corrected chi connectivity index (χ1v) is 7.38. The normalized spacial score (nSPS) is 15.4. The number of carboxylic acid groups (broad SMARTS) is 1. The number of nitrogens with one attached hydrogen (secondary N) is 1. The minimum absolute atomic E-state index is 0.0681. The van der Waals surface area contributed by atoms with E-state index in [1.807, 2.05) is 16.8 Å². The molecule has 0 aliphatic heterocycles. The Morgan fingerprint density at radius 1 is 1.42 bits per heavy atom. The lowest BCUT2D eigenvalue weighted by atomic mass is 10.2. The van der Waals surface area contributed by atoms with Gasteiger partial charge >= 0.3 is 12.0 Å². The van der Waals surface area contributed by atoms with Crippen LogP contribution < -0.4 is 5.32 Å². The van der Waals surface area contributed by atoms with Crippen molar-refractivity contribution in [3.8, 4) is 0 Å². The van der Waals surface area contributed by atoms with E-state index in [0.717, 1.165) is 31.2 Å². The fraction of sp³-hybridized carbons (Fsp3) is 0.538. The predicted molar refractivity (Wildman–Crippen MR) is 73.2 cm³/mol. The van der Waals surface area contributed by atoms with Crippen LogP contribution in [0.4, 0.5) is 4.79 Å². The van der Waals surface area contributed by atoms with Crippen molar-refractivity contribution in [3.63, 3.8) is 0 Å². The summed E-state index contributed by atoms with van der Waals surface area (Å²) in [6, 6.07) is 1.74. The highest BCUT2D eigenvalue weighted by molar-refractivity contribution is 7.07. The maximum Gasteiger partial charge on any atom is 0.323 e. The van der Waals surface area contributed by atoms with Crippen LogP contribution in [0.1, 0.15) is 31.2 Å². The molecular weight excluding hydrogens is 264 g/mol. The molecule has 5 nitrogen and oxygen atoms in total. The summed E-state index contributed by atoms with van der Waals surface area (Å²) in [7, 11) is 0. The Balaban J connectivity index is 1.92. The van der Waals surface area contributed by atoms with E-state index in [0.29, 0.717) is 6.54 Å². The van der Waals surface area contributed by atoms with Crippen LogP contribution in [0.3, 0.4) is 0 Å². The summed E-state index contributed by atoms with van der Waals surface area (Å²) in [6.07, 6.45) is 3.94. The monoisotopic (exact) mass is 282 g/mol. The molecule has 1 saturated carbocycles. The summed E-state index contributed by atoms with van der Waals surface area (Å²) in [5.74, 6) is -0.961. The molecule has 1 aromatic heterocycles. The third kappa shape index (κ3) is 3.96. The molecule has 1 aromatic rings. The summed E-state index contributed by atoms with van der Waals surface area (Å²) in [5, 5.41) is 15.6. The number of carbonyl (C=O) groups excluding carboxylic acids is 1. The highest BCUT2D eigenvalue weighted by atomic mass is 32.1. The second-order valence-corrected chi connectivity index (χ2v) is 5.53. The molecule has 0 spiro atoms. The van der Waals surface area contributed by atoms with Gasteiger partial charge in [0.25, 0.3) is 0 Å². The Morgan fingerprint density at radius 3 is 2.74 bits per heavy atom. The van der Waals surface area contributed by atoms with E-state index in [2.05, 4.69) is 5.32 Å². The summed E-state index contributed by atoms with van der Waals surface area (Å²) >= 11 is 1.58. The van der Waals surface area contributed by atoms with Gasteiger partial charge in [-0.1, -0.05) is 12.8 Å². The molecule has 0 saturated heterocycles. The molecule has 6 heteroatoms. The molecule has 1 fully saturated rings. The van der Waals surface area contributed by atoms with Gasteiger partial charge < -0.3 is 15.3 Å². The van der Waals surface area contributed by atoms with Crippen LogP contribution in [0.25, 0.3) is 0 Å². The number of carbonyl (C=O) groups is 2. The van der Waals surface area contributed by atoms with E-state index in [4.69, 9.17) is 5.11 Å². The first-order chi connectivity index (χ1) is 9.16. The van der Waals surface area contributed by atoms with Crippen LogP contribution in [-0.4, -0.2) is 34.6 Å². The number of aliphatic carboxylic acids is 1. The molecule has 1 heterocycles. The van der Waals surface area contributed by atoms with Gasteiger partial charge in [-0.05, 0) is 35.2 Å². The lowest BCUT2D eigenvalue weighted by molar-refractivity contribution is -0.138. The number of rotatable bonds is 5. The number of carboxylic acids is 1. The van der Waals surface area contributed by atoms with E-state index in [9.17, 15) is 9.59 Å². The zero-order chi connectivity index (χ0) is 13.7. The van der Waals surface area contributed by atoms with Gasteiger partial charge in [0, 0.05) is 12.6 Å². The van der Waals surface area contributed by atoms with Crippen LogP contribution in [0.15, 0.2) is 16.8 Å². The Hall–Kier alpha value is -1.56. The maximum atomic E-state index is 12.1. The summed E-state index contributed by atoms with van der Waals surface area (Å²) < 4.78 is 0. The van der Waals surface area contributed by atoms with E-state index in [-0.39, 0.29) is 18.6 Å². The van der Waals surface area contributed by atoms with Crippen molar-refractivity contribution < 1.29 is 14.7 Å². The predicted octanol–water partition coefficient (Wildman–Crippen LogP) is 2.29. The smallest absolute Gasteiger partial charge is 0.323 e. The van der Waals surface area contributed by atoms with Crippen molar-refractivity contribution in [2.24, 2.45) is 0 Å². The molecule has 0 aromatic carbocycles. The van der Waals surface area contributed by atoms with E-state index in [1.54, 1.807) is 11.3 Å². The third-order valence-electron chi connectivity index (χ3n) is 3.36. The molecule has 2 rings (SSSR count). The number of hydrogen-bond acceptors (Lipinski definition) is 3. The maximum absolute atomic E-state index is 12.1. The minimum Gasteiger partial charge on any atom is -0.480 e. The lowest BCUT2D eigenvalue weighted by Crippen LogP contribution is -2.47. The van der Waals surface area contributed by atoms with E-state index in [1.165, 1.54) is 4.90 Å². The molecule has 0 unspecified atom stereocenters. The minimum atomic E-state index is -0.961. The van der Waals surface area contributed by atoms with Crippen molar-refractivity contribution in [1.82, 2.24) is 10.2 Å². The molecular formula is C13H18N2O3S.